The van der Waals surface area contributed by atoms with Crippen molar-refractivity contribution >= 4 is 63.2 Å². The van der Waals surface area contributed by atoms with Crippen molar-refractivity contribution in [2.75, 3.05) is 11.9 Å². The third-order valence-electron chi connectivity index (χ3n) is 3.81. The lowest BCUT2D eigenvalue weighted by Gasteiger charge is -2.14. The van der Waals surface area contributed by atoms with Crippen molar-refractivity contribution in [1.29, 1.82) is 0 Å². The Bertz CT molecular complexity index is 842. The highest BCUT2D eigenvalue weighted by Gasteiger charge is 2.31. The first kappa shape index (κ1) is 18.8. The number of hydrogen-bond donors (Lipinski definition) is 1. The number of benzene rings is 1. The van der Waals surface area contributed by atoms with Crippen LogP contribution in [0.5, 0.6) is 0 Å². The van der Waals surface area contributed by atoms with E-state index in [0.29, 0.717) is 28.6 Å². The molecule has 1 N–H and O–H groups in total. The van der Waals surface area contributed by atoms with Crippen LogP contribution in [0.25, 0.3) is 6.08 Å². The summed E-state index contributed by atoms with van der Waals surface area (Å²) in [4.78, 5) is 27.8. The van der Waals surface area contributed by atoms with Gasteiger partial charge >= 0.3 is 0 Å². The summed E-state index contributed by atoms with van der Waals surface area (Å²) in [5.74, 6) is -0.138. The summed E-state index contributed by atoms with van der Waals surface area (Å²) in [6.45, 7) is 2.45. The van der Waals surface area contributed by atoms with Gasteiger partial charge in [0.2, 0.25) is 5.91 Å². The van der Waals surface area contributed by atoms with E-state index < -0.39 is 0 Å². The van der Waals surface area contributed by atoms with E-state index in [0.717, 1.165) is 16.1 Å². The lowest BCUT2D eigenvalue weighted by atomic mass is 10.2. The molecular weight excluding hydrogens is 384 g/mol. The maximum absolute atomic E-state index is 12.5. The van der Waals surface area contributed by atoms with E-state index in [1.807, 2.05) is 54.8 Å². The van der Waals surface area contributed by atoms with Crippen molar-refractivity contribution in [3.63, 3.8) is 0 Å². The first-order valence-electron chi connectivity index (χ1n) is 8.18. The fraction of sp³-hybridized carbons (Fsp3) is 0.211. The number of thiocarbonyl (C=S) groups is 1. The number of hydrogen-bond acceptors (Lipinski definition) is 5. The van der Waals surface area contributed by atoms with Crippen LogP contribution in [0, 0.1) is 6.92 Å². The van der Waals surface area contributed by atoms with Gasteiger partial charge < -0.3 is 5.32 Å². The van der Waals surface area contributed by atoms with E-state index in [-0.39, 0.29) is 11.8 Å². The van der Waals surface area contributed by atoms with Crippen molar-refractivity contribution in [2.45, 2.75) is 19.8 Å². The quantitative estimate of drug-likeness (QED) is 0.563. The zero-order chi connectivity index (χ0) is 18.5. The van der Waals surface area contributed by atoms with Gasteiger partial charge in [0.15, 0.2) is 0 Å². The number of carbonyl (C=O) groups excluding carboxylic acids is 2. The monoisotopic (exact) mass is 402 g/mol. The predicted octanol–water partition coefficient (Wildman–Crippen LogP) is 4.68. The molecule has 1 aromatic carbocycles. The van der Waals surface area contributed by atoms with Crippen molar-refractivity contribution in [2.24, 2.45) is 0 Å². The number of anilines is 1. The third kappa shape index (κ3) is 4.81. The van der Waals surface area contributed by atoms with Gasteiger partial charge in [0.05, 0.1) is 4.91 Å². The maximum atomic E-state index is 12.5. The molecule has 3 rings (SSSR count). The fourth-order valence-corrected chi connectivity index (χ4v) is 4.48. The van der Waals surface area contributed by atoms with E-state index in [4.69, 9.17) is 12.2 Å². The number of thiophene rings is 1. The summed E-state index contributed by atoms with van der Waals surface area (Å²) in [5.41, 5.74) is 1.93. The molecule has 2 amide bonds. The summed E-state index contributed by atoms with van der Waals surface area (Å²) in [7, 11) is 0. The summed E-state index contributed by atoms with van der Waals surface area (Å²) >= 11 is 8.22. The maximum Gasteiger partial charge on any atom is 0.266 e. The van der Waals surface area contributed by atoms with Gasteiger partial charge in [-0.2, -0.15) is 0 Å². The molecule has 1 aliphatic heterocycles. The number of thioether (sulfide) groups is 1. The van der Waals surface area contributed by atoms with E-state index in [9.17, 15) is 9.59 Å². The predicted molar refractivity (Wildman–Crippen MR) is 113 cm³/mol. The van der Waals surface area contributed by atoms with Crippen LogP contribution in [0.3, 0.4) is 0 Å². The van der Waals surface area contributed by atoms with Gasteiger partial charge in [-0.15, -0.1) is 11.3 Å². The molecule has 2 heterocycles. The molecule has 0 saturated carbocycles. The normalized spacial score (nSPS) is 15.7. The SMILES string of the molecule is Cc1ccc(NC(=O)CCCN2C(=O)C(=Cc3cccs3)SC2=S)cc1. The van der Waals surface area contributed by atoms with Crippen LogP contribution < -0.4 is 5.32 Å². The lowest BCUT2D eigenvalue weighted by molar-refractivity contribution is -0.122. The number of amides is 2. The molecule has 4 nitrogen and oxygen atoms in total. The molecule has 26 heavy (non-hydrogen) atoms. The van der Waals surface area contributed by atoms with E-state index in [1.54, 1.807) is 16.2 Å². The van der Waals surface area contributed by atoms with Gasteiger partial charge in [-0.05, 0) is 43.0 Å². The molecule has 1 aromatic heterocycles. The van der Waals surface area contributed by atoms with Gasteiger partial charge in [-0.1, -0.05) is 47.7 Å². The van der Waals surface area contributed by atoms with Crippen molar-refractivity contribution < 1.29 is 9.59 Å². The van der Waals surface area contributed by atoms with E-state index in [2.05, 4.69) is 5.32 Å². The first-order chi connectivity index (χ1) is 12.5. The molecule has 0 aliphatic carbocycles. The molecule has 0 bridgehead atoms. The Morgan fingerprint density at radius 1 is 1.27 bits per heavy atom. The van der Waals surface area contributed by atoms with Gasteiger partial charge in [0.25, 0.3) is 5.91 Å². The lowest BCUT2D eigenvalue weighted by Crippen LogP contribution is -2.29. The highest BCUT2D eigenvalue weighted by atomic mass is 32.2. The zero-order valence-corrected chi connectivity index (χ0v) is 16.7. The Hall–Kier alpha value is -1.96. The number of aryl methyl sites for hydroxylation is 1. The van der Waals surface area contributed by atoms with Crippen LogP contribution in [0.4, 0.5) is 5.69 Å². The van der Waals surface area contributed by atoms with Crippen LogP contribution >= 0.6 is 35.3 Å². The molecular formula is C19H18N2O2S3. The Kier molecular flexibility index (Phi) is 6.24. The average Bonchev–Trinajstić information content (AvgIpc) is 3.21. The first-order valence-corrected chi connectivity index (χ1v) is 10.3. The summed E-state index contributed by atoms with van der Waals surface area (Å²) in [5, 5.41) is 4.84. The Labute approximate surface area is 166 Å². The summed E-state index contributed by atoms with van der Waals surface area (Å²) in [6, 6.07) is 11.6. The molecule has 0 unspecified atom stereocenters. The second-order valence-corrected chi connectivity index (χ2v) is 8.52. The fourth-order valence-electron chi connectivity index (χ4n) is 2.45. The van der Waals surface area contributed by atoms with Gasteiger partial charge in [-0.3, -0.25) is 14.5 Å². The number of nitrogens with zero attached hydrogens (tertiary/aromatic N) is 1. The van der Waals surface area contributed by atoms with Gasteiger partial charge in [0.1, 0.15) is 4.32 Å². The topological polar surface area (TPSA) is 49.4 Å². The van der Waals surface area contributed by atoms with E-state index in [1.165, 1.54) is 11.8 Å². The van der Waals surface area contributed by atoms with Crippen molar-refractivity contribution in [3.05, 3.63) is 57.1 Å². The van der Waals surface area contributed by atoms with Gasteiger partial charge in [-0.25, -0.2) is 0 Å². The molecule has 134 valence electrons. The number of carbonyl (C=O) groups is 2. The van der Waals surface area contributed by atoms with Crippen molar-refractivity contribution in [1.82, 2.24) is 4.90 Å². The number of nitrogens with one attached hydrogen (secondary N) is 1. The Balaban J connectivity index is 1.50. The minimum Gasteiger partial charge on any atom is -0.326 e. The highest BCUT2D eigenvalue weighted by Crippen LogP contribution is 2.33. The highest BCUT2D eigenvalue weighted by molar-refractivity contribution is 8.26. The molecule has 1 fully saturated rings. The largest absolute Gasteiger partial charge is 0.326 e. The molecule has 1 saturated heterocycles. The van der Waals surface area contributed by atoms with Gasteiger partial charge in [0, 0.05) is 23.5 Å². The summed E-state index contributed by atoms with van der Waals surface area (Å²) in [6.07, 6.45) is 2.78. The van der Waals surface area contributed by atoms with Crippen molar-refractivity contribution in [3.8, 4) is 0 Å². The molecule has 0 atom stereocenters. The van der Waals surface area contributed by atoms with E-state index >= 15 is 0 Å². The second kappa shape index (κ2) is 8.62. The number of rotatable bonds is 6. The molecule has 7 heteroatoms. The zero-order valence-electron chi connectivity index (χ0n) is 14.2. The summed E-state index contributed by atoms with van der Waals surface area (Å²) < 4.78 is 0.553. The minimum absolute atomic E-state index is 0.0616. The average molecular weight is 403 g/mol. The molecule has 2 aromatic rings. The second-order valence-electron chi connectivity index (χ2n) is 5.87. The van der Waals surface area contributed by atoms with Crippen LogP contribution in [0.15, 0.2) is 46.7 Å². The Morgan fingerprint density at radius 2 is 2.04 bits per heavy atom. The molecule has 0 spiro atoms. The smallest absolute Gasteiger partial charge is 0.266 e. The Morgan fingerprint density at radius 3 is 2.73 bits per heavy atom. The van der Waals surface area contributed by atoms with Crippen LogP contribution in [-0.2, 0) is 9.59 Å². The molecule has 0 radical (unpaired) electrons. The minimum atomic E-state index is -0.0765. The standard InChI is InChI=1S/C19H18N2O2S3/c1-13-6-8-14(9-7-13)20-17(22)5-2-10-21-18(23)16(26-19(21)24)12-15-4-3-11-25-15/h3-4,6-9,11-12H,2,5,10H2,1H3,(H,20,22). The van der Waals surface area contributed by atoms with Crippen LogP contribution in [-0.4, -0.2) is 27.6 Å². The third-order valence-corrected chi connectivity index (χ3v) is 6.01. The van der Waals surface area contributed by atoms with Crippen LogP contribution in [0.1, 0.15) is 23.3 Å². The van der Waals surface area contributed by atoms with Crippen LogP contribution in [0.2, 0.25) is 0 Å². The molecule has 1 aliphatic rings.